The molecular weight excluding hydrogens is 535 g/mol. The molecule has 3 aromatic rings. The molecule has 0 spiro atoms. The molecule has 0 saturated heterocycles. The van der Waals surface area contributed by atoms with Crippen LogP contribution in [0.1, 0.15) is 51.7 Å². The Morgan fingerprint density at radius 3 is 2.81 bits per heavy atom. The number of halogens is 1. The van der Waals surface area contributed by atoms with Gasteiger partial charge < -0.3 is 15.2 Å². The van der Waals surface area contributed by atoms with Gasteiger partial charge in [0.25, 0.3) is 5.91 Å². The molecule has 0 saturated carbocycles. The predicted octanol–water partition coefficient (Wildman–Crippen LogP) is 6.02. The number of hydrogen-bond acceptors (Lipinski definition) is 5. The van der Waals surface area contributed by atoms with Gasteiger partial charge in [-0.3, -0.25) is 4.79 Å². The van der Waals surface area contributed by atoms with Gasteiger partial charge in [-0.05, 0) is 84.0 Å². The lowest BCUT2D eigenvalue weighted by Crippen LogP contribution is -2.24. The number of carbonyl (C=O) groups excluding carboxylic acids is 1. The van der Waals surface area contributed by atoms with Crippen LogP contribution in [0.4, 0.5) is 5.00 Å². The smallest absolute Gasteiger partial charge is 0.254 e. The van der Waals surface area contributed by atoms with Gasteiger partial charge >= 0.3 is 0 Å². The highest BCUT2D eigenvalue weighted by atomic mass is 127. The van der Waals surface area contributed by atoms with Crippen molar-refractivity contribution in [2.75, 3.05) is 6.61 Å². The number of phenols is 1. The zero-order valence-electron chi connectivity index (χ0n) is 17.9. The van der Waals surface area contributed by atoms with Gasteiger partial charge in [-0.15, -0.1) is 11.3 Å². The number of aryl methyl sites for hydroxylation is 1. The Labute approximate surface area is 205 Å². The number of phenolic OH excluding ortho intramolecular Hbond substituents is 1. The van der Waals surface area contributed by atoms with Gasteiger partial charge in [-0.1, -0.05) is 30.3 Å². The first-order valence-corrected chi connectivity index (χ1v) is 12.6. The summed E-state index contributed by atoms with van der Waals surface area (Å²) in [7, 11) is 0. The minimum Gasteiger partial charge on any atom is -0.504 e. The summed E-state index contributed by atoms with van der Waals surface area (Å²) in [6, 6.07) is 13.5. The van der Waals surface area contributed by atoms with Gasteiger partial charge in [0.2, 0.25) is 0 Å². The summed E-state index contributed by atoms with van der Waals surface area (Å²) in [5.41, 5.74) is 3.74. The minimum atomic E-state index is -0.0734. The number of aliphatic imine (C=N–C) groups is 1. The summed E-state index contributed by atoms with van der Waals surface area (Å²) in [4.78, 5) is 19.2. The second-order valence-electron chi connectivity index (χ2n) is 7.60. The molecule has 1 aliphatic rings. The molecule has 0 fully saturated rings. The first-order chi connectivity index (χ1) is 15.6. The molecule has 1 aromatic heterocycles. The summed E-state index contributed by atoms with van der Waals surface area (Å²) < 4.78 is 6.23. The largest absolute Gasteiger partial charge is 0.504 e. The Hall–Kier alpha value is -2.39. The first kappa shape index (κ1) is 22.8. The highest BCUT2D eigenvalue weighted by Gasteiger charge is 2.25. The fourth-order valence-corrected chi connectivity index (χ4v) is 5.67. The van der Waals surface area contributed by atoms with E-state index < -0.39 is 0 Å². The first-order valence-electron chi connectivity index (χ1n) is 10.7. The van der Waals surface area contributed by atoms with Crippen molar-refractivity contribution < 1.29 is 14.6 Å². The fraction of sp³-hybridized carbons (Fsp3) is 0.280. The third kappa shape index (κ3) is 5.15. The van der Waals surface area contributed by atoms with Gasteiger partial charge in [0.05, 0.1) is 15.7 Å². The van der Waals surface area contributed by atoms with E-state index in [1.54, 1.807) is 23.6 Å². The maximum absolute atomic E-state index is 13.2. The van der Waals surface area contributed by atoms with Crippen molar-refractivity contribution >= 4 is 51.1 Å². The van der Waals surface area contributed by atoms with Gasteiger partial charge in [0.15, 0.2) is 11.5 Å². The zero-order valence-corrected chi connectivity index (χ0v) is 20.8. The lowest BCUT2D eigenvalue weighted by molar-refractivity contribution is 0.0951. The Balaban J connectivity index is 1.63. The Morgan fingerprint density at radius 1 is 1.25 bits per heavy atom. The van der Waals surface area contributed by atoms with E-state index in [-0.39, 0.29) is 11.7 Å². The van der Waals surface area contributed by atoms with Crippen molar-refractivity contribution in [3.05, 3.63) is 73.2 Å². The van der Waals surface area contributed by atoms with Crippen LogP contribution in [-0.4, -0.2) is 23.8 Å². The molecule has 0 atom stereocenters. The van der Waals surface area contributed by atoms with Crippen LogP contribution in [0.2, 0.25) is 0 Å². The van der Waals surface area contributed by atoms with Gasteiger partial charge in [-0.25, -0.2) is 4.99 Å². The molecular formula is C25H25IN2O3S. The van der Waals surface area contributed by atoms with E-state index in [4.69, 9.17) is 9.73 Å². The molecule has 0 radical (unpaired) electrons. The number of rotatable bonds is 7. The second kappa shape index (κ2) is 10.5. The maximum Gasteiger partial charge on any atom is 0.254 e. The molecule has 2 N–H and O–H groups in total. The third-order valence-corrected chi connectivity index (χ3v) is 7.38. The Kier molecular flexibility index (Phi) is 7.47. The average molecular weight is 560 g/mol. The van der Waals surface area contributed by atoms with Crippen molar-refractivity contribution in [2.24, 2.45) is 4.99 Å². The van der Waals surface area contributed by atoms with Crippen LogP contribution >= 0.6 is 33.9 Å². The average Bonchev–Trinajstić information content (AvgIpc) is 3.18. The van der Waals surface area contributed by atoms with Crippen molar-refractivity contribution in [3.8, 4) is 11.5 Å². The standard InChI is InChI=1S/C25H25IN2O3S/c1-2-31-20-13-17(12-19(26)23(20)29)15-28-25-22(18-10-6-7-11-21(18)32-25)24(30)27-14-16-8-4-3-5-9-16/h3-5,8-9,12-13,15,29H,2,6-7,10-11,14H2,1H3,(H,27,30)/b28-15-. The quantitative estimate of drug-likeness (QED) is 0.275. The number of fused-ring (bicyclic) bond motifs is 1. The summed E-state index contributed by atoms with van der Waals surface area (Å²) in [6.45, 7) is 2.83. The number of amides is 1. The Morgan fingerprint density at radius 2 is 2.03 bits per heavy atom. The van der Waals surface area contributed by atoms with E-state index in [2.05, 4.69) is 27.9 Å². The van der Waals surface area contributed by atoms with Crippen LogP contribution in [0, 0.1) is 3.57 Å². The summed E-state index contributed by atoms with van der Waals surface area (Å²) >= 11 is 3.69. The monoisotopic (exact) mass is 560 g/mol. The van der Waals surface area contributed by atoms with E-state index in [0.717, 1.165) is 47.4 Å². The number of benzene rings is 2. The highest BCUT2D eigenvalue weighted by molar-refractivity contribution is 14.1. The normalized spacial score (nSPS) is 13.2. The predicted molar refractivity (Wildman–Crippen MR) is 138 cm³/mol. The van der Waals surface area contributed by atoms with Crippen LogP contribution in [0.5, 0.6) is 11.5 Å². The molecule has 2 aromatic carbocycles. The lowest BCUT2D eigenvalue weighted by Gasteiger charge is -2.13. The van der Waals surface area contributed by atoms with E-state index in [1.807, 2.05) is 43.3 Å². The molecule has 0 unspecified atom stereocenters. The molecule has 5 nitrogen and oxygen atoms in total. The molecule has 32 heavy (non-hydrogen) atoms. The van der Waals surface area contributed by atoms with Crippen molar-refractivity contribution in [1.29, 1.82) is 0 Å². The summed E-state index contributed by atoms with van der Waals surface area (Å²) in [6.07, 6.45) is 5.91. The molecule has 1 heterocycles. The zero-order chi connectivity index (χ0) is 22.5. The van der Waals surface area contributed by atoms with Crippen LogP contribution in [0.3, 0.4) is 0 Å². The molecule has 1 amide bonds. The van der Waals surface area contributed by atoms with Crippen molar-refractivity contribution in [3.63, 3.8) is 0 Å². The van der Waals surface area contributed by atoms with Gasteiger partial charge in [0, 0.05) is 17.6 Å². The number of hydrogen-bond donors (Lipinski definition) is 2. The number of nitrogens with zero attached hydrogens (tertiary/aromatic N) is 1. The van der Waals surface area contributed by atoms with Gasteiger partial charge in [-0.2, -0.15) is 0 Å². The molecule has 166 valence electrons. The third-order valence-electron chi connectivity index (χ3n) is 5.36. The lowest BCUT2D eigenvalue weighted by atomic mass is 9.95. The van der Waals surface area contributed by atoms with E-state index in [0.29, 0.717) is 28.0 Å². The molecule has 0 aliphatic heterocycles. The van der Waals surface area contributed by atoms with Crippen LogP contribution in [0.15, 0.2) is 47.5 Å². The summed E-state index contributed by atoms with van der Waals surface area (Å²) in [5.74, 6) is 0.500. The molecule has 1 aliphatic carbocycles. The molecule has 4 rings (SSSR count). The van der Waals surface area contributed by atoms with Crippen LogP contribution < -0.4 is 10.1 Å². The minimum absolute atomic E-state index is 0.0734. The van der Waals surface area contributed by atoms with Crippen molar-refractivity contribution in [2.45, 2.75) is 39.2 Å². The summed E-state index contributed by atoms with van der Waals surface area (Å²) in [5, 5.41) is 14.0. The molecule has 0 bridgehead atoms. The van der Waals surface area contributed by atoms with E-state index in [1.165, 1.54) is 4.88 Å². The topological polar surface area (TPSA) is 70.9 Å². The van der Waals surface area contributed by atoms with E-state index >= 15 is 0 Å². The van der Waals surface area contributed by atoms with Gasteiger partial charge in [0.1, 0.15) is 5.00 Å². The number of thiophene rings is 1. The fourth-order valence-electron chi connectivity index (χ4n) is 3.81. The van der Waals surface area contributed by atoms with E-state index in [9.17, 15) is 9.90 Å². The van der Waals surface area contributed by atoms with Crippen molar-refractivity contribution in [1.82, 2.24) is 5.32 Å². The highest BCUT2D eigenvalue weighted by Crippen LogP contribution is 2.40. The number of ether oxygens (including phenoxy) is 1. The maximum atomic E-state index is 13.2. The number of carbonyl (C=O) groups is 1. The number of aromatic hydroxyl groups is 1. The van der Waals surface area contributed by atoms with Crippen LogP contribution in [0.25, 0.3) is 0 Å². The molecule has 7 heteroatoms. The number of nitrogens with one attached hydrogen (secondary N) is 1. The Bertz CT molecular complexity index is 1140. The SMILES string of the molecule is CCOc1cc(/C=N\c2sc3c(c2C(=O)NCc2ccccc2)CCCC3)cc(I)c1O. The van der Waals surface area contributed by atoms with Crippen LogP contribution in [-0.2, 0) is 19.4 Å². The second-order valence-corrected chi connectivity index (χ2v) is 9.85.